The predicted octanol–water partition coefficient (Wildman–Crippen LogP) is 3.25. The molecule has 2 rings (SSSR count). The maximum Gasteiger partial charge on any atom is 0.310 e. The van der Waals surface area contributed by atoms with Gasteiger partial charge in [0, 0.05) is 4.90 Å². The molecule has 92 valence electrons. The first-order valence-electron chi connectivity index (χ1n) is 6.17. The molecule has 1 aromatic carbocycles. The first-order valence-corrected chi connectivity index (χ1v) is 6.62. The Bertz CT molecular complexity index is 366. The fraction of sp³-hybridized carbons (Fsp3) is 0.500. The van der Waals surface area contributed by atoms with Gasteiger partial charge in [-0.2, -0.15) is 0 Å². The molecular formula is C14H18O2S. The molecule has 0 saturated heterocycles. The third kappa shape index (κ3) is 4.08. The molecule has 17 heavy (non-hydrogen) atoms. The van der Waals surface area contributed by atoms with Gasteiger partial charge in [0.2, 0.25) is 0 Å². The van der Waals surface area contributed by atoms with Crippen LogP contribution in [-0.4, -0.2) is 12.6 Å². The van der Waals surface area contributed by atoms with Crippen LogP contribution in [0.3, 0.4) is 0 Å². The van der Waals surface area contributed by atoms with E-state index in [-0.39, 0.29) is 5.97 Å². The highest BCUT2D eigenvalue weighted by Crippen LogP contribution is 2.24. The number of thiol groups is 1. The van der Waals surface area contributed by atoms with Gasteiger partial charge in [0.05, 0.1) is 13.0 Å². The molecule has 0 bridgehead atoms. The minimum atomic E-state index is -0.121. The summed E-state index contributed by atoms with van der Waals surface area (Å²) < 4.78 is 5.30. The van der Waals surface area contributed by atoms with Crippen molar-refractivity contribution in [2.75, 3.05) is 6.61 Å². The number of esters is 1. The number of benzene rings is 1. The van der Waals surface area contributed by atoms with Crippen LogP contribution in [0.5, 0.6) is 0 Å². The Morgan fingerprint density at radius 3 is 2.53 bits per heavy atom. The zero-order chi connectivity index (χ0) is 12.1. The molecule has 0 aliphatic heterocycles. The number of ether oxygens (including phenoxy) is 1. The molecule has 1 aliphatic carbocycles. The second-order valence-electron chi connectivity index (χ2n) is 4.68. The van der Waals surface area contributed by atoms with Gasteiger partial charge in [-0.25, -0.2) is 0 Å². The van der Waals surface area contributed by atoms with E-state index >= 15 is 0 Å². The quantitative estimate of drug-likeness (QED) is 0.656. The van der Waals surface area contributed by atoms with E-state index < -0.39 is 0 Å². The van der Waals surface area contributed by atoms with Crippen LogP contribution in [0, 0.1) is 5.92 Å². The molecule has 3 heteroatoms. The highest BCUT2D eigenvalue weighted by molar-refractivity contribution is 7.80. The van der Waals surface area contributed by atoms with Gasteiger partial charge < -0.3 is 4.74 Å². The van der Waals surface area contributed by atoms with Gasteiger partial charge in [0.25, 0.3) is 0 Å². The van der Waals surface area contributed by atoms with Crippen molar-refractivity contribution in [3.05, 3.63) is 29.8 Å². The lowest BCUT2D eigenvalue weighted by Crippen LogP contribution is -2.13. The topological polar surface area (TPSA) is 26.3 Å². The van der Waals surface area contributed by atoms with Crippen molar-refractivity contribution in [3.8, 4) is 0 Å². The van der Waals surface area contributed by atoms with Crippen LogP contribution >= 0.6 is 12.6 Å². The van der Waals surface area contributed by atoms with Crippen LogP contribution in [0.15, 0.2) is 29.2 Å². The third-order valence-electron chi connectivity index (χ3n) is 3.24. The largest absolute Gasteiger partial charge is 0.465 e. The Hall–Kier alpha value is -0.960. The number of hydrogen-bond acceptors (Lipinski definition) is 3. The minimum Gasteiger partial charge on any atom is -0.465 e. The maximum atomic E-state index is 11.6. The van der Waals surface area contributed by atoms with Crippen molar-refractivity contribution >= 4 is 18.6 Å². The van der Waals surface area contributed by atoms with Crippen LogP contribution in [0.1, 0.15) is 31.2 Å². The van der Waals surface area contributed by atoms with Gasteiger partial charge in [-0.05, 0) is 36.5 Å². The summed E-state index contributed by atoms with van der Waals surface area (Å²) in [6, 6.07) is 7.61. The van der Waals surface area contributed by atoms with Gasteiger partial charge in [-0.3, -0.25) is 4.79 Å². The van der Waals surface area contributed by atoms with E-state index in [4.69, 9.17) is 4.74 Å². The molecule has 1 saturated carbocycles. The Morgan fingerprint density at radius 1 is 1.24 bits per heavy atom. The average molecular weight is 250 g/mol. The number of rotatable bonds is 4. The van der Waals surface area contributed by atoms with Crippen LogP contribution in [0.4, 0.5) is 0 Å². The normalized spacial score (nSPS) is 16.1. The summed E-state index contributed by atoms with van der Waals surface area (Å²) in [6.07, 6.45) is 5.35. The first-order chi connectivity index (χ1) is 8.24. The van der Waals surface area contributed by atoms with Gasteiger partial charge in [0.15, 0.2) is 0 Å². The summed E-state index contributed by atoms with van der Waals surface area (Å²) in [4.78, 5) is 12.5. The molecule has 0 aromatic heterocycles. The van der Waals surface area contributed by atoms with E-state index in [2.05, 4.69) is 12.6 Å². The summed E-state index contributed by atoms with van der Waals surface area (Å²) in [5.41, 5.74) is 0.985. The number of hydrogen-bond donors (Lipinski definition) is 1. The molecule has 2 nitrogen and oxygen atoms in total. The number of carbonyl (C=O) groups is 1. The van der Waals surface area contributed by atoms with Crippen LogP contribution in [0.2, 0.25) is 0 Å². The highest BCUT2D eigenvalue weighted by Gasteiger charge is 2.16. The predicted molar refractivity (Wildman–Crippen MR) is 70.3 cm³/mol. The molecule has 0 atom stereocenters. The van der Waals surface area contributed by atoms with Crippen molar-refractivity contribution in [1.82, 2.24) is 0 Å². The highest BCUT2D eigenvalue weighted by atomic mass is 32.1. The van der Waals surface area contributed by atoms with E-state index in [1.807, 2.05) is 24.3 Å². The lowest BCUT2D eigenvalue weighted by Gasteiger charge is -2.09. The van der Waals surface area contributed by atoms with E-state index in [1.165, 1.54) is 25.7 Å². The lowest BCUT2D eigenvalue weighted by molar-refractivity contribution is -0.144. The Morgan fingerprint density at radius 2 is 1.88 bits per heavy atom. The molecule has 1 fully saturated rings. The molecule has 0 N–H and O–H groups in total. The minimum absolute atomic E-state index is 0.121. The van der Waals surface area contributed by atoms with Crippen LogP contribution in [-0.2, 0) is 16.0 Å². The zero-order valence-electron chi connectivity index (χ0n) is 9.89. The van der Waals surface area contributed by atoms with E-state index in [0.29, 0.717) is 18.9 Å². The van der Waals surface area contributed by atoms with Gasteiger partial charge >= 0.3 is 5.97 Å². The van der Waals surface area contributed by atoms with Crippen molar-refractivity contribution in [1.29, 1.82) is 0 Å². The summed E-state index contributed by atoms with van der Waals surface area (Å²) in [7, 11) is 0. The zero-order valence-corrected chi connectivity index (χ0v) is 10.8. The van der Waals surface area contributed by atoms with E-state index in [1.54, 1.807) is 0 Å². The van der Waals surface area contributed by atoms with Crippen LogP contribution < -0.4 is 0 Å². The second kappa shape index (κ2) is 6.10. The van der Waals surface area contributed by atoms with E-state index in [9.17, 15) is 4.79 Å². The Balaban J connectivity index is 1.74. The van der Waals surface area contributed by atoms with Crippen molar-refractivity contribution < 1.29 is 9.53 Å². The second-order valence-corrected chi connectivity index (χ2v) is 5.19. The van der Waals surface area contributed by atoms with Gasteiger partial charge in [0.1, 0.15) is 0 Å². The Kier molecular flexibility index (Phi) is 4.49. The molecule has 0 heterocycles. The summed E-state index contributed by atoms with van der Waals surface area (Å²) in [5.74, 6) is 0.475. The summed E-state index contributed by atoms with van der Waals surface area (Å²) in [6.45, 7) is 0.601. The average Bonchev–Trinajstić information content (AvgIpc) is 2.83. The third-order valence-corrected chi connectivity index (χ3v) is 3.54. The van der Waals surface area contributed by atoms with E-state index in [0.717, 1.165) is 10.5 Å². The molecule has 0 amide bonds. The number of carbonyl (C=O) groups excluding carboxylic acids is 1. The molecule has 0 spiro atoms. The van der Waals surface area contributed by atoms with Crippen molar-refractivity contribution in [2.24, 2.45) is 5.92 Å². The molecule has 1 aromatic rings. The first kappa shape index (κ1) is 12.5. The smallest absolute Gasteiger partial charge is 0.310 e. The van der Waals surface area contributed by atoms with Gasteiger partial charge in [-0.15, -0.1) is 12.6 Å². The maximum absolute atomic E-state index is 11.6. The molecule has 0 radical (unpaired) electrons. The molecular weight excluding hydrogens is 232 g/mol. The van der Waals surface area contributed by atoms with Gasteiger partial charge in [-0.1, -0.05) is 25.0 Å². The van der Waals surface area contributed by atoms with Crippen molar-refractivity contribution in [2.45, 2.75) is 37.0 Å². The molecule has 0 unspecified atom stereocenters. The fourth-order valence-electron chi connectivity index (χ4n) is 2.22. The SMILES string of the molecule is O=C(Cc1ccc(S)cc1)OCC1CCCC1. The monoisotopic (exact) mass is 250 g/mol. The fourth-order valence-corrected chi connectivity index (χ4v) is 2.37. The summed E-state index contributed by atoms with van der Waals surface area (Å²) in [5, 5.41) is 0. The van der Waals surface area contributed by atoms with Crippen LogP contribution in [0.25, 0.3) is 0 Å². The lowest BCUT2D eigenvalue weighted by atomic mass is 10.1. The van der Waals surface area contributed by atoms with Crippen molar-refractivity contribution in [3.63, 3.8) is 0 Å². The summed E-state index contributed by atoms with van der Waals surface area (Å²) >= 11 is 4.21. The standard InChI is InChI=1S/C14H18O2S/c15-14(16-10-12-3-1-2-4-12)9-11-5-7-13(17)8-6-11/h5-8,12,17H,1-4,9-10H2. The molecule has 1 aliphatic rings. The Labute approximate surface area is 108 Å².